The molecule has 7 atom stereocenters. The summed E-state index contributed by atoms with van der Waals surface area (Å²) >= 11 is 0. The van der Waals surface area contributed by atoms with Gasteiger partial charge in [0.2, 0.25) is 0 Å². The van der Waals surface area contributed by atoms with Crippen molar-refractivity contribution in [1.29, 1.82) is 0 Å². The van der Waals surface area contributed by atoms with E-state index in [1.165, 1.54) is 57.8 Å². The summed E-state index contributed by atoms with van der Waals surface area (Å²) in [5.74, 6) is 3.89. The van der Waals surface area contributed by atoms with E-state index in [0.717, 1.165) is 36.5 Å². The Labute approximate surface area is 204 Å². The molecule has 186 valence electrons. The summed E-state index contributed by atoms with van der Waals surface area (Å²) in [7, 11) is 0. The molecule has 2 heteroatoms. The number of ether oxygens (including phenoxy) is 1. The minimum Gasteiger partial charge on any atom is -0.463 e. The third kappa shape index (κ3) is 4.50. The third-order valence-electron chi connectivity index (χ3n) is 10.9. The van der Waals surface area contributed by atoms with Crippen LogP contribution in [-0.4, -0.2) is 12.1 Å². The van der Waals surface area contributed by atoms with Gasteiger partial charge in [0.1, 0.15) is 6.10 Å². The Morgan fingerprint density at radius 1 is 1.09 bits per heavy atom. The van der Waals surface area contributed by atoms with Gasteiger partial charge in [0.25, 0.3) is 0 Å². The van der Waals surface area contributed by atoms with Gasteiger partial charge in [0, 0.05) is 6.92 Å². The van der Waals surface area contributed by atoms with Gasteiger partial charge in [0.15, 0.2) is 0 Å². The fourth-order valence-electron chi connectivity index (χ4n) is 8.74. The van der Waals surface area contributed by atoms with Crippen molar-refractivity contribution in [3.8, 4) is 0 Å². The summed E-state index contributed by atoms with van der Waals surface area (Å²) in [4.78, 5) is 11.5. The molecule has 0 aromatic carbocycles. The summed E-state index contributed by atoms with van der Waals surface area (Å²) in [5, 5.41) is 0. The molecule has 1 fully saturated rings. The van der Waals surface area contributed by atoms with Crippen molar-refractivity contribution in [3.05, 3.63) is 22.8 Å². The molecule has 0 N–H and O–H groups in total. The molecule has 4 aliphatic rings. The van der Waals surface area contributed by atoms with E-state index in [0.29, 0.717) is 16.7 Å². The molecule has 0 aromatic heterocycles. The number of carbonyl (C=O) groups excluding carboxylic acids is 1. The zero-order valence-electron chi connectivity index (χ0n) is 22.6. The van der Waals surface area contributed by atoms with Crippen LogP contribution < -0.4 is 0 Å². The van der Waals surface area contributed by atoms with Crippen molar-refractivity contribution < 1.29 is 9.53 Å². The van der Waals surface area contributed by atoms with Crippen molar-refractivity contribution in [2.24, 2.45) is 40.4 Å². The van der Waals surface area contributed by atoms with E-state index in [4.69, 9.17) is 4.74 Å². The maximum Gasteiger partial charge on any atom is 0.302 e. The Balaban J connectivity index is 1.49. The van der Waals surface area contributed by atoms with E-state index in [1.54, 1.807) is 23.6 Å². The predicted molar refractivity (Wildman–Crippen MR) is 138 cm³/mol. The van der Waals surface area contributed by atoms with Gasteiger partial charge in [-0.3, -0.25) is 4.79 Å². The van der Waals surface area contributed by atoms with Gasteiger partial charge < -0.3 is 4.74 Å². The second-order valence-electron chi connectivity index (χ2n) is 13.0. The van der Waals surface area contributed by atoms with Crippen LogP contribution in [0.15, 0.2) is 22.8 Å². The highest BCUT2D eigenvalue weighted by Crippen LogP contribution is 2.64. The van der Waals surface area contributed by atoms with Crippen molar-refractivity contribution in [1.82, 2.24) is 0 Å². The van der Waals surface area contributed by atoms with Crippen LogP contribution >= 0.6 is 0 Å². The molecular weight excluding hydrogens is 404 g/mol. The average Bonchev–Trinajstić information content (AvgIpc) is 3.11. The first-order valence-corrected chi connectivity index (χ1v) is 14.2. The van der Waals surface area contributed by atoms with Gasteiger partial charge in [0.05, 0.1) is 0 Å². The lowest BCUT2D eigenvalue weighted by atomic mass is 9.51. The third-order valence-corrected chi connectivity index (χ3v) is 10.9. The van der Waals surface area contributed by atoms with Gasteiger partial charge in [-0.25, -0.2) is 0 Å². The van der Waals surface area contributed by atoms with Crippen molar-refractivity contribution in [2.45, 2.75) is 125 Å². The molecule has 0 bridgehead atoms. The molecule has 0 heterocycles. The summed E-state index contributed by atoms with van der Waals surface area (Å²) < 4.78 is 5.64. The van der Waals surface area contributed by atoms with Crippen molar-refractivity contribution >= 4 is 5.97 Å². The number of hydrogen-bond acceptors (Lipinski definition) is 2. The first-order valence-electron chi connectivity index (χ1n) is 14.2. The monoisotopic (exact) mass is 454 g/mol. The van der Waals surface area contributed by atoms with E-state index >= 15 is 0 Å². The Morgan fingerprint density at radius 2 is 1.85 bits per heavy atom. The maximum atomic E-state index is 11.5. The van der Waals surface area contributed by atoms with E-state index in [-0.39, 0.29) is 12.1 Å². The van der Waals surface area contributed by atoms with Gasteiger partial charge in [-0.05, 0) is 109 Å². The number of carbonyl (C=O) groups is 1. The van der Waals surface area contributed by atoms with E-state index < -0.39 is 0 Å². The van der Waals surface area contributed by atoms with E-state index in [2.05, 4.69) is 47.6 Å². The normalized spacial score (nSPS) is 37.7. The predicted octanol–water partition coefficient (Wildman–Crippen LogP) is 8.66. The Bertz CT molecular complexity index is 804. The molecule has 33 heavy (non-hydrogen) atoms. The topological polar surface area (TPSA) is 26.3 Å². The van der Waals surface area contributed by atoms with E-state index in [9.17, 15) is 4.79 Å². The average molecular weight is 455 g/mol. The molecule has 4 aliphatic carbocycles. The van der Waals surface area contributed by atoms with Gasteiger partial charge in [-0.2, -0.15) is 0 Å². The smallest absolute Gasteiger partial charge is 0.302 e. The minimum atomic E-state index is -0.109. The standard InChI is InChI=1S/C31H50O2/c1-8-23(20(2)3)10-9-21(4)27-13-14-28-26-12-11-24-19-25(33-22(5)32)15-17-30(24,6)29(26)16-18-31(27,28)7/h14,20-21,23-25,27H,8-13,15-19H2,1-7H3. The largest absolute Gasteiger partial charge is 0.463 e. The summed E-state index contributed by atoms with van der Waals surface area (Å²) in [6, 6.07) is 0. The number of allylic oxidation sites excluding steroid dienone is 4. The zero-order valence-corrected chi connectivity index (χ0v) is 22.6. The molecule has 0 radical (unpaired) electrons. The first-order chi connectivity index (χ1) is 15.6. The van der Waals surface area contributed by atoms with Crippen LogP contribution in [0.4, 0.5) is 0 Å². The fourth-order valence-corrected chi connectivity index (χ4v) is 8.74. The highest BCUT2D eigenvalue weighted by atomic mass is 16.5. The molecule has 0 aliphatic heterocycles. The molecular formula is C31H50O2. The first kappa shape index (κ1) is 25.1. The van der Waals surface area contributed by atoms with Crippen LogP contribution in [0.3, 0.4) is 0 Å². The SMILES string of the molecule is CCC(CCC(C)C1CC=C2C3=C(CCC21C)C1(C)CCC(OC(C)=O)CC1CC3)C(C)C. The summed E-state index contributed by atoms with van der Waals surface area (Å²) in [6.07, 6.45) is 16.6. The van der Waals surface area contributed by atoms with Gasteiger partial charge in [-0.15, -0.1) is 0 Å². The lowest BCUT2D eigenvalue weighted by molar-refractivity contribution is -0.150. The molecule has 4 rings (SSSR count). The van der Waals surface area contributed by atoms with Gasteiger partial charge >= 0.3 is 5.97 Å². The highest BCUT2D eigenvalue weighted by Gasteiger charge is 2.53. The molecule has 0 spiro atoms. The van der Waals surface area contributed by atoms with Crippen LogP contribution in [0.1, 0.15) is 119 Å². The molecule has 1 saturated carbocycles. The van der Waals surface area contributed by atoms with Crippen LogP contribution in [0, 0.1) is 40.4 Å². The number of fused-ring (bicyclic) bond motifs is 4. The molecule has 2 nitrogen and oxygen atoms in total. The van der Waals surface area contributed by atoms with Crippen LogP contribution in [0.25, 0.3) is 0 Å². The number of esters is 1. The Hall–Kier alpha value is -1.05. The molecule has 0 amide bonds. The lowest BCUT2D eigenvalue weighted by Gasteiger charge is -2.54. The minimum absolute atomic E-state index is 0.109. The molecule has 0 saturated heterocycles. The highest BCUT2D eigenvalue weighted by molar-refractivity contribution is 5.66. The number of hydrogen-bond donors (Lipinski definition) is 0. The van der Waals surface area contributed by atoms with E-state index in [1.807, 2.05) is 0 Å². The Kier molecular flexibility index (Phi) is 7.24. The second-order valence-corrected chi connectivity index (χ2v) is 13.0. The summed E-state index contributed by atoms with van der Waals surface area (Å²) in [5.41, 5.74) is 6.01. The van der Waals surface area contributed by atoms with Crippen LogP contribution in [0.5, 0.6) is 0 Å². The second kappa shape index (κ2) is 9.54. The lowest BCUT2D eigenvalue weighted by Crippen LogP contribution is -2.44. The quantitative estimate of drug-likeness (QED) is 0.360. The van der Waals surface area contributed by atoms with Crippen molar-refractivity contribution in [2.75, 3.05) is 0 Å². The fraction of sp³-hybridized carbons (Fsp3) is 0.839. The Morgan fingerprint density at radius 3 is 2.52 bits per heavy atom. The molecule has 0 aromatic rings. The summed E-state index contributed by atoms with van der Waals surface area (Å²) in [6.45, 7) is 16.5. The molecule has 7 unspecified atom stereocenters. The van der Waals surface area contributed by atoms with Crippen molar-refractivity contribution in [3.63, 3.8) is 0 Å². The number of rotatable bonds is 7. The maximum absolute atomic E-state index is 11.5. The van der Waals surface area contributed by atoms with Crippen LogP contribution in [-0.2, 0) is 9.53 Å². The van der Waals surface area contributed by atoms with Gasteiger partial charge in [-0.1, -0.05) is 66.0 Å². The van der Waals surface area contributed by atoms with Crippen LogP contribution in [0.2, 0.25) is 0 Å². The zero-order chi connectivity index (χ0) is 24.0.